The van der Waals surface area contributed by atoms with E-state index in [9.17, 15) is 20.2 Å². The highest BCUT2D eigenvalue weighted by Gasteiger charge is 2.20. The first-order valence-electron chi connectivity index (χ1n) is 11.8. The second-order valence-corrected chi connectivity index (χ2v) is 9.56. The van der Waals surface area contributed by atoms with Crippen LogP contribution in [-0.4, -0.2) is 20.2 Å². The summed E-state index contributed by atoms with van der Waals surface area (Å²) < 4.78 is 1.71. The monoisotopic (exact) mass is 513 g/mol. The van der Waals surface area contributed by atoms with Crippen molar-refractivity contribution in [2.45, 2.75) is 31.6 Å². The number of para-hydroxylation sites is 2. The van der Waals surface area contributed by atoms with Gasteiger partial charge in [0, 0.05) is 34.9 Å². The lowest BCUT2D eigenvalue weighted by Crippen LogP contribution is -2.18. The number of nitro groups is 2. The number of non-ortho nitro benzene ring substituents is 1. The van der Waals surface area contributed by atoms with Crippen molar-refractivity contribution in [3.8, 4) is 11.3 Å². The molecule has 10 heteroatoms. The number of thiazole rings is 1. The summed E-state index contributed by atoms with van der Waals surface area (Å²) in [6, 6.07) is 23.1. The molecular formula is C27H23N5O4S. The standard InChI is InChI=1S/C27H23N5O4S/c33-31(34)23-16-12-21(13-17-23)26-18-37-27(28-24-8-4-5-9-25(24)32(35)36)30(26)29-22-14-10-20(11-15-22)19-6-2-1-3-7-19/h1-9,12-13,16-18,20H,10-11,14-15H2. The van der Waals surface area contributed by atoms with Gasteiger partial charge in [0.05, 0.1) is 15.5 Å². The van der Waals surface area contributed by atoms with Gasteiger partial charge in [0.2, 0.25) is 4.80 Å². The molecule has 3 aromatic carbocycles. The third-order valence-corrected chi connectivity index (χ3v) is 7.25. The van der Waals surface area contributed by atoms with Gasteiger partial charge in [0.25, 0.3) is 11.4 Å². The number of rotatable bonds is 6. The van der Waals surface area contributed by atoms with Crippen LogP contribution < -0.4 is 4.80 Å². The van der Waals surface area contributed by atoms with Gasteiger partial charge in [-0.05, 0) is 55.4 Å². The molecule has 1 saturated carbocycles. The Balaban J connectivity index is 1.55. The van der Waals surface area contributed by atoms with E-state index in [2.05, 4.69) is 29.3 Å². The maximum Gasteiger partial charge on any atom is 0.294 e. The summed E-state index contributed by atoms with van der Waals surface area (Å²) in [5.41, 5.74) is 3.98. The Morgan fingerprint density at radius 2 is 1.51 bits per heavy atom. The van der Waals surface area contributed by atoms with Gasteiger partial charge in [-0.2, -0.15) is 5.10 Å². The molecule has 0 radical (unpaired) electrons. The highest BCUT2D eigenvalue weighted by atomic mass is 32.1. The molecule has 0 N–H and O–H groups in total. The Morgan fingerprint density at radius 3 is 2.19 bits per heavy atom. The number of aromatic nitrogens is 1. The van der Waals surface area contributed by atoms with Gasteiger partial charge in [-0.15, -0.1) is 11.3 Å². The predicted molar refractivity (Wildman–Crippen MR) is 143 cm³/mol. The molecule has 9 nitrogen and oxygen atoms in total. The van der Waals surface area contributed by atoms with Crippen LogP contribution in [0.2, 0.25) is 0 Å². The molecule has 1 aromatic heterocycles. The SMILES string of the molecule is O=[N+]([O-])c1ccc(-c2csc(=Nc3ccccc3[N+](=O)[O-])n2N=C2CCC(c3ccccc3)CC2)cc1. The third kappa shape index (κ3) is 5.39. The highest BCUT2D eigenvalue weighted by molar-refractivity contribution is 7.07. The van der Waals surface area contributed by atoms with Crippen molar-refractivity contribution in [2.75, 3.05) is 0 Å². The first-order valence-corrected chi connectivity index (χ1v) is 12.7. The summed E-state index contributed by atoms with van der Waals surface area (Å²) in [7, 11) is 0. The van der Waals surface area contributed by atoms with Crippen LogP contribution >= 0.6 is 11.3 Å². The maximum atomic E-state index is 11.5. The zero-order chi connectivity index (χ0) is 25.8. The van der Waals surface area contributed by atoms with Crippen LogP contribution in [0.25, 0.3) is 11.3 Å². The van der Waals surface area contributed by atoms with Gasteiger partial charge in [-0.3, -0.25) is 20.2 Å². The zero-order valence-electron chi connectivity index (χ0n) is 19.8. The molecule has 0 bridgehead atoms. The van der Waals surface area contributed by atoms with E-state index in [1.54, 1.807) is 35.0 Å². The molecule has 0 aliphatic heterocycles. The summed E-state index contributed by atoms with van der Waals surface area (Å²) in [5.74, 6) is 0.484. The van der Waals surface area contributed by atoms with Crippen molar-refractivity contribution >= 4 is 34.1 Å². The Labute approximate surface area is 216 Å². The fourth-order valence-corrected chi connectivity index (χ4v) is 5.34. The quantitative estimate of drug-likeness (QED) is 0.207. The Kier molecular flexibility index (Phi) is 7.00. The van der Waals surface area contributed by atoms with Crippen molar-refractivity contribution in [3.63, 3.8) is 0 Å². The van der Waals surface area contributed by atoms with Gasteiger partial charge >= 0.3 is 0 Å². The normalized spacial score (nSPS) is 15.9. The second kappa shape index (κ2) is 10.7. The summed E-state index contributed by atoms with van der Waals surface area (Å²) in [6.45, 7) is 0. The first-order chi connectivity index (χ1) is 18.0. The van der Waals surface area contributed by atoms with Gasteiger partial charge in [-0.1, -0.05) is 42.5 Å². The molecule has 4 aromatic rings. The molecule has 1 aliphatic carbocycles. The van der Waals surface area contributed by atoms with Crippen molar-refractivity contribution < 1.29 is 9.85 Å². The maximum absolute atomic E-state index is 11.5. The molecule has 5 rings (SSSR count). The van der Waals surface area contributed by atoms with E-state index in [-0.39, 0.29) is 17.1 Å². The van der Waals surface area contributed by atoms with E-state index in [0.717, 1.165) is 42.7 Å². The van der Waals surface area contributed by atoms with Crippen molar-refractivity contribution in [2.24, 2.45) is 10.1 Å². The number of nitrogens with zero attached hydrogens (tertiary/aromatic N) is 5. The molecule has 0 amide bonds. The van der Waals surface area contributed by atoms with Gasteiger partial charge in [-0.25, -0.2) is 9.67 Å². The van der Waals surface area contributed by atoms with E-state index in [1.165, 1.54) is 35.1 Å². The smallest absolute Gasteiger partial charge is 0.258 e. The van der Waals surface area contributed by atoms with Crippen molar-refractivity contribution in [3.05, 3.63) is 115 Å². The topological polar surface area (TPSA) is 116 Å². The fourth-order valence-electron chi connectivity index (χ4n) is 4.49. The predicted octanol–water partition coefficient (Wildman–Crippen LogP) is 6.83. The molecule has 1 heterocycles. The van der Waals surface area contributed by atoms with Crippen LogP contribution in [0.1, 0.15) is 37.2 Å². The average Bonchev–Trinajstić information content (AvgIpc) is 3.31. The lowest BCUT2D eigenvalue weighted by Gasteiger charge is -2.23. The molecule has 1 fully saturated rings. The lowest BCUT2D eigenvalue weighted by atomic mass is 9.83. The molecule has 37 heavy (non-hydrogen) atoms. The molecule has 0 unspecified atom stereocenters. The third-order valence-electron chi connectivity index (χ3n) is 6.43. The Hall–Kier alpha value is -4.44. The van der Waals surface area contributed by atoms with E-state index in [4.69, 9.17) is 5.10 Å². The summed E-state index contributed by atoms with van der Waals surface area (Å²) in [6.07, 6.45) is 3.62. The molecule has 0 saturated heterocycles. The van der Waals surface area contributed by atoms with Crippen LogP contribution in [0.4, 0.5) is 17.1 Å². The molecule has 0 atom stereocenters. The summed E-state index contributed by atoms with van der Waals surface area (Å²) in [4.78, 5) is 26.8. The first kappa shape index (κ1) is 24.3. The molecule has 1 aliphatic rings. The van der Waals surface area contributed by atoms with Crippen molar-refractivity contribution in [1.29, 1.82) is 0 Å². The van der Waals surface area contributed by atoms with E-state index in [1.807, 2.05) is 11.4 Å². The van der Waals surface area contributed by atoms with E-state index in [0.29, 0.717) is 10.7 Å². The minimum absolute atomic E-state index is 0.000832. The number of nitro benzene ring substituents is 2. The largest absolute Gasteiger partial charge is 0.294 e. The molecular weight excluding hydrogens is 490 g/mol. The molecule has 0 spiro atoms. The average molecular weight is 514 g/mol. The van der Waals surface area contributed by atoms with Crippen LogP contribution in [0, 0.1) is 20.2 Å². The van der Waals surface area contributed by atoms with Crippen LogP contribution in [-0.2, 0) is 0 Å². The van der Waals surface area contributed by atoms with Crippen LogP contribution in [0.15, 0.2) is 94.3 Å². The van der Waals surface area contributed by atoms with E-state index >= 15 is 0 Å². The number of hydrogen-bond donors (Lipinski definition) is 0. The highest BCUT2D eigenvalue weighted by Crippen LogP contribution is 2.32. The van der Waals surface area contributed by atoms with Gasteiger partial charge in [0.15, 0.2) is 0 Å². The molecule has 186 valence electrons. The van der Waals surface area contributed by atoms with Gasteiger partial charge < -0.3 is 0 Å². The van der Waals surface area contributed by atoms with Gasteiger partial charge in [0.1, 0.15) is 5.69 Å². The zero-order valence-corrected chi connectivity index (χ0v) is 20.6. The fraction of sp³-hybridized carbons (Fsp3) is 0.185. The Morgan fingerprint density at radius 1 is 0.838 bits per heavy atom. The van der Waals surface area contributed by atoms with Crippen LogP contribution in [0.5, 0.6) is 0 Å². The second-order valence-electron chi connectivity index (χ2n) is 8.73. The minimum atomic E-state index is -0.454. The lowest BCUT2D eigenvalue weighted by molar-refractivity contribution is -0.384. The van der Waals surface area contributed by atoms with E-state index < -0.39 is 9.85 Å². The number of benzene rings is 3. The summed E-state index contributed by atoms with van der Waals surface area (Å²) >= 11 is 1.32. The van der Waals surface area contributed by atoms with Crippen LogP contribution in [0.3, 0.4) is 0 Å². The number of hydrogen-bond acceptors (Lipinski definition) is 7. The summed E-state index contributed by atoms with van der Waals surface area (Å²) in [5, 5.41) is 29.5. The Bertz CT molecular complexity index is 1530. The minimum Gasteiger partial charge on any atom is -0.258 e. The van der Waals surface area contributed by atoms with Crippen molar-refractivity contribution in [1.82, 2.24) is 4.68 Å².